The van der Waals surface area contributed by atoms with E-state index in [1.807, 2.05) is 0 Å². The van der Waals surface area contributed by atoms with Gasteiger partial charge in [-0.1, -0.05) is 13.8 Å². The van der Waals surface area contributed by atoms with Crippen LogP contribution in [0.15, 0.2) is 24.7 Å². The van der Waals surface area contributed by atoms with Crippen LogP contribution in [0.4, 0.5) is 0 Å². The van der Waals surface area contributed by atoms with Gasteiger partial charge in [-0.2, -0.15) is 0 Å². The number of carbonyl (C=O) groups is 1. The van der Waals surface area contributed by atoms with Crippen molar-refractivity contribution in [1.82, 2.24) is 20.3 Å². The molecule has 0 saturated heterocycles. The van der Waals surface area contributed by atoms with E-state index < -0.39 is 0 Å². The molecule has 1 amide bonds. The Morgan fingerprint density at radius 3 is 2.70 bits per heavy atom. The normalized spacial score (nSPS) is 12.3. The van der Waals surface area contributed by atoms with Gasteiger partial charge in [0.2, 0.25) is 0 Å². The van der Waals surface area contributed by atoms with Gasteiger partial charge in [0, 0.05) is 25.5 Å². The summed E-state index contributed by atoms with van der Waals surface area (Å²) in [6.07, 6.45) is 6.52. The van der Waals surface area contributed by atoms with Gasteiger partial charge in [-0.25, -0.2) is 15.0 Å². The molecule has 0 saturated carbocycles. The van der Waals surface area contributed by atoms with Crippen molar-refractivity contribution in [2.24, 2.45) is 11.8 Å². The first-order valence-corrected chi connectivity index (χ1v) is 8.54. The second-order valence-electron chi connectivity index (χ2n) is 5.82. The Hall–Kier alpha value is -1.86. The zero-order chi connectivity index (χ0) is 16.7. The van der Waals surface area contributed by atoms with Crippen LogP contribution in [-0.2, 0) is 0 Å². The van der Waals surface area contributed by atoms with Gasteiger partial charge in [-0.15, -0.1) is 11.3 Å². The number of aliphatic hydroxyl groups is 1. The molecule has 0 aliphatic carbocycles. The highest BCUT2D eigenvalue weighted by molar-refractivity contribution is 7.16. The molecule has 0 aliphatic heterocycles. The monoisotopic (exact) mass is 334 g/mol. The topological polar surface area (TPSA) is 88.0 Å². The minimum atomic E-state index is -0.142. The lowest BCUT2D eigenvalue weighted by atomic mass is 9.94. The summed E-state index contributed by atoms with van der Waals surface area (Å²) >= 11 is 1.28. The van der Waals surface area contributed by atoms with Crippen LogP contribution >= 0.6 is 11.3 Å². The second kappa shape index (κ2) is 8.69. The molecule has 2 heterocycles. The average Bonchev–Trinajstić information content (AvgIpc) is 3.03. The van der Waals surface area contributed by atoms with E-state index in [9.17, 15) is 4.79 Å². The summed E-state index contributed by atoms with van der Waals surface area (Å²) in [6.45, 7) is 4.99. The highest BCUT2D eigenvalue weighted by atomic mass is 32.1. The lowest BCUT2D eigenvalue weighted by Gasteiger charge is -2.18. The van der Waals surface area contributed by atoms with E-state index in [0.717, 1.165) is 6.42 Å². The number of carbonyl (C=O) groups excluding carboxylic acids is 1. The van der Waals surface area contributed by atoms with Crippen LogP contribution < -0.4 is 5.32 Å². The van der Waals surface area contributed by atoms with E-state index in [1.54, 1.807) is 24.7 Å². The average molecular weight is 334 g/mol. The van der Waals surface area contributed by atoms with Crippen molar-refractivity contribution in [2.45, 2.75) is 26.7 Å². The van der Waals surface area contributed by atoms with E-state index >= 15 is 0 Å². The quantitative estimate of drug-likeness (QED) is 0.774. The van der Waals surface area contributed by atoms with Gasteiger partial charge < -0.3 is 10.4 Å². The fourth-order valence-corrected chi connectivity index (χ4v) is 3.15. The Bertz CT molecular complexity index is 616. The fourth-order valence-electron chi connectivity index (χ4n) is 2.37. The van der Waals surface area contributed by atoms with Crippen LogP contribution in [0.2, 0.25) is 0 Å². The molecule has 7 heteroatoms. The Kier molecular flexibility index (Phi) is 6.61. The number of aliphatic hydroxyl groups excluding tert-OH is 1. The number of thiazole rings is 1. The minimum Gasteiger partial charge on any atom is -0.396 e. The molecular formula is C16H22N4O2S. The smallest absolute Gasteiger partial charge is 0.263 e. The molecular weight excluding hydrogens is 312 g/mol. The number of hydrogen-bond acceptors (Lipinski definition) is 6. The van der Waals surface area contributed by atoms with Crippen LogP contribution in [0, 0.1) is 11.8 Å². The van der Waals surface area contributed by atoms with Crippen molar-refractivity contribution in [2.75, 3.05) is 13.2 Å². The highest BCUT2D eigenvalue weighted by Gasteiger charge is 2.16. The Balaban J connectivity index is 1.94. The van der Waals surface area contributed by atoms with E-state index in [2.05, 4.69) is 34.1 Å². The van der Waals surface area contributed by atoms with Crippen LogP contribution in [0.1, 0.15) is 36.4 Å². The third-order valence-electron chi connectivity index (χ3n) is 3.38. The largest absolute Gasteiger partial charge is 0.396 e. The summed E-state index contributed by atoms with van der Waals surface area (Å²) in [5, 5.41) is 12.7. The van der Waals surface area contributed by atoms with Gasteiger partial charge in [0.25, 0.3) is 5.91 Å². The lowest BCUT2D eigenvalue weighted by molar-refractivity contribution is 0.0945. The van der Waals surface area contributed by atoms with E-state index in [0.29, 0.717) is 34.6 Å². The van der Waals surface area contributed by atoms with Gasteiger partial charge in [-0.05, 0) is 30.7 Å². The Labute approximate surface area is 140 Å². The number of hydrogen-bond donors (Lipinski definition) is 2. The van der Waals surface area contributed by atoms with E-state index in [-0.39, 0.29) is 18.4 Å². The molecule has 124 valence electrons. The van der Waals surface area contributed by atoms with Crippen molar-refractivity contribution in [3.05, 3.63) is 29.5 Å². The maximum absolute atomic E-state index is 12.2. The molecule has 0 aromatic carbocycles. The molecule has 0 aliphatic rings. The first-order chi connectivity index (χ1) is 11.1. The second-order valence-corrected chi connectivity index (χ2v) is 6.85. The highest BCUT2D eigenvalue weighted by Crippen LogP contribution is 2.21. The standard InChI is InChI=1S/C16H22N4O2S/c1-11(2)8-12(4-7-21)9-19-15(22)13-10-20-16(23-13)14-17-5-3-6-18-14/h3,5-6,10-12,21H,4,7-9H2,1-2H3,(H,19,22). The van der Waals surface area contributed by atoms with Crippen LogP contribution in [0.5, 0.6) is 0 Å². The molecule has 2 rings (SSSR count). The molecule has 0 fully saturated rings. The predicted octanol–water partition coefficient (Wildman–Crippen LogP) is 2.37. The Morgan fingerprint density at radius 1 is 1.30 bits per heavy atom. The van der Waals surface area contributed by atoms with Crippen molar-refractivity contribution in [3.8, 4) is 10.8 Å². The zero-order valence-electron chi connectivity index (χ0n) is 13.4. The summed E-state index contributed by atoms with van der Waals surface area (Å²) in [5.74, 6) is 1.20. The Morgan fingerprint density at radius 2 is 2.04 bits per heavy atom. The van der Waals surface area contributed by atoms with Gasteiger partial charge in [0.1, 0.15) is 4.88 Å². The van der Waals surface area contributed by atoms with Gasteiger partial charge in [-0.3, -0.25) is 4.79 Å². The van der Waals surface area contributed by atoms with Crippen molar-refractivity contribution >= 4 is 17.2 Å². The van der Waals surface area contributed by atoms with Crippen molar-refractivity contribution < 1.29 is 9.90 Å². The van der Waals surface area contributed by atoms with Crippen LogP contribution in [0.3, 0.4) is 0 Å². The van der Waals surface area contributed by atoms with Crippen molar-refractivity contribution in [3.63, 3.8) is 0 Å². The summed E-state index contributed by atoms with van der Waals surface area (Å²) in [5.41, 5.74) is 0. The molecule has 1 atom stereocenters. The molecule has 1 unspecified atom stereocenters. The van der Waals surface area contributed by atoms with Gasteiger partial charge in [0.05, 0.1) is 6.20 Å². The van der Waals surface area contributed by atoms with Gasteiger partial charge in [0.15, 0.2) is 10.8 Å². The first-order valence-electron chi connectivity index (χ1n) is 7.72. The predicted molar refractivity (Wildman–Crippen MR) is 90.1 cm³/mol. The number of amides is 1. The lowest BCUT2D eigenvalue weighted by Crippen LogP contribution is -2.29. The summed E-state index contributed by atoms with van der Waals surface area (Å²) < 4.78 is 0. The number of nitrogens with one attached hydrogen (secondary N) is 1. The molecule has 0 radical (unpaired) electrons. The minimum absolute atomic E-state index is 0.142. The van der Waals surface area contributed by atoms with Crippen LogP contribution in [0.25, 0.3) is 10.8 Å². The number of aromatic nitrogens is 3. The maximum Gasteiger partial charge on any atom is 0.263 e. The SMILES string of the molecule is CC(C)CC(CCO)CNC(=O)c1cnc(-c2ncccn2)s1. The third-order valence-corrected chi connectivity index (χ3v) is 4.37. The molecule has 23 heavy (non-hydrogen) atoms. The van der Waals surface area contributed by atoms with E-state index in [4.69, 9.17) is 5.11 Å². The van der Waals surface area contributed by atoms with Crippen molar-refractivity contribution in [1.29, 1.82) is 0 Å². The molecule has 2 aromatic rings. The molecule has 0 bridgehead atoms. The summed E-state index contributed by atoms with van der Waals surface area (Å²) in [6, 6.07) is 1.74. The van der Waals surface area contributed by atoms with E-state index in [1.165, 1.54) is 11.3 Å². The number of nitrogens with zero attached hydrogens (tertiary/aromatic N) is 3. The molecule has 2 N–H and O–H groups in total. The molecule has 2 aromatic heterocycles. The summed E-state index contributed by atoms with van der Waals surface area (Å²) in [7, 11) is 0. The zero-order valence-corrected chi connectivity index (χ0v) is 14.2. The third kappa shape index (κ3) is 5.37. The number of rotatable bonds is 8. The van der Waals surface area contributed by atoms with Gasteiger partial charge >= 0.3 is 0 Å². The first kappa shape index (κ1) is 17.5. The summed E-state index contributed by atoms with van der Waals surface area (Å²) in [4.78, 5) is 25.3. The molecule has 6 nitrogen and oxygen atoms in total. The molecule has 0 spiro atoms. The fraction of sp³-hybridized carbons (Fsp3) is 0.500. The van der Waals surface area contributed by atoms with Crippen LogP contribution in [-0.4, -0.2) is 39.1 Å². The maximum atomic E-state index is 12.2.